The Morgan fingerprint density at radius 1 is 1.10 bits per heavy atom. The summed E-state index contributed by atoms with van der Waals surface area (Å²) in [5.41, 5.74) is 4.66. The number of carbonyl (C=O) groups is 2. The van der Waals surface area contributed by atoms with E-state index in [4.69, 9.17) is 0 Å². The number of aryl methyl sites for hydroxylation is 1. The SMILES string of the molecule is CCCCCCNC(=O)c1ccc2c(c1)NC(=O)C(CSCc1ccccc1C)N2. The van der Waals surface area contributed by atoms with Crippen molar-refractivity contribution in [2.75, 3.05) is 22.9 Å². The molecule has 1 atom stereocenters. The average Bonchev–Trinajstić information content (AvgIpc) is 2.74. The summed E-state index contributed by atoms with van der Waals surface area (Å²) in [6, 6.07) is 13.5. The third-order valence-corrected chi connectivity index (χ3v) is 6.39. The molecule has 0 radical (unpaired) electrons. The summed E-state index contributed by atoms with van der Waals surface area (Å²) in [4.78, 5) is 24.9. The predicted molar refractivity (Wildman–Crippen MR) is 126 cm³/mol. The fourth-order valence-corrected chi connectivity index (χ4v) is 4.55. The Morgan fingerprint density at radius 2 is 1.93 bits per heavy atom. The maximum atomic E-state index is 12.5. The number of nitrogens with one attached hydrogen (secondary N) is 3. The van der Waals surface area contributed by atoms with Gasteiger partial charge in [-0.15, -0.1) is 0 Å². The molecule has 2 aromatic carbocycles. The number of carbonyl (C=O) groups excluding carboxylic acids is 2. The lowest BCUT2D eigenvalue weighted by molar-refractivity contribution is -0.116. The molecule has 1 unspecified atom stereocenters. The summed E-state index contributed by atoms with van der Waals surface area (Å²) >= 11 is 1.74. The van der Waals surface area contributed by atoms with Crippen molar-refractivity contribution in [1.29, 1.82) is 0 Å². The van der Waals surface area contributed by atoms with Crippen molar-refractivity contribution >= 4 is 35.0 Å². The molecule has 3 N–H and O–H groups in total. The van der Waals surface area contributed by atoms with E-state index in [-0.39, 0.29) is 17.9 Å². The minimum absolute atomic E-state index is 0.0584. The van der Waals surface area contributed by atoms with Gasteiger partial charge in [-0.3, -0.25) is 9.59 Å². The van der Waals surface area contributed by atoms with E-state index in [9.17, 15) is 9.59 Å². The van der Waals surface area contributed by atoms with Gasteiger partial charge in [0, 0.05) is 23.6 Å². The highest BCUT2D eigenvalue weighted by Crippen LogP contribution is 2.29. The van der Waals surface area contributed by atoms with Crippen LogP contribution in [0.5, 0.6) is 0 Å². The number of fused-ring (bicyclic) bond motifs is 1. The lowest BCUT2D eigenvalue weighted by Crippen LogP contribution is -2.40. The predicted octanol–water partition coefficient (Wildman–Crippen LogP) is 4.97. The number of rotatable bonds is 10. The van der Waals surface area contributed by atoms with E-state index < -0.39 is 0 Å². The fraction of sp³-hybridized carbons (Fsp3) is 0.417. The van der Waals surface area contributed by atoms with E-state index in [0.29, 0.717) is 23.5 Å². The molecule has 0 aromatic heterocycles. The Kier molecular flexibility index (Phi) is 8.20. The van der Waals surface area contributed by atoms with Crippen molar-refractivity contribution in [1.82, 2.24) is 5.32 Å². The fourth-order valence-electron chi connectivity index (χ4n) is 3.42. The summed E-state index contributed by atoms with van der Waals surface area (Å²) in [5.74, 6) is 1.40. The summed E-state index contributed by atoms with van der Waals surface area (Å²) in [5, 5.41) is 9.23. The lowest BCUT2D eigenvalue weighted by Gasteiger charge is -2.27. The minimum atomic E-state index is -0.287. The maximum absolute atomic E-state index is 12.5. The second-order valence-electron chi connectivity index (χ2n) is 7.70. The summed E-state index contributed by atoms with van der Waals surface area (Å²) < 4.78 is 0. The smallest absolute Gasteiger partial charge is 0.251 e. The van der Waals surface area contributed by atoms with Gasteiger partial charge >= 0.3 is 0 Å². The molecule has 0 fully saturated rings. The summed E-state index contributed by atoms with van der Waals surface area (Å²) in [7, 11) is 0. The Hall–Kier alpha value is -2.47. The van der Waals surface area contributed by atoms with Crippen LogP contribution in [0.3, 0.4) is 0 Å². The minimum Gasteiger partial charge on any atom is -0.371 e. The van der Waals surface area contributed by atoms with Crippen LogP contribution >= 0.6 is 11.8 Å². The molecule has 5 nitrogen and oxygen atoms in total. The van der Waals surface area contributed by atoms with E-state index in [2.05, 4.69) is 41.9 Å². The Morgan fingerprint density at radius 3 is 2.73 bits per heavy atom. The normalized spacial score (nSPS) is 15.1. The topological polar surface area (TPSA) is 70.2 Å². The molecule has 0 saturated carbocycles. The first-order valence-corrected chi connectivity index (χ1v) is 11.9. The van der Waals surface area contributed by atoms with Crippen LogP contribution in [0.1, 0.15) is 54.1 Å². The van der Waals surface area contributed by atoms with Crippen molar-refractivity contribution in [2.45, 2.75) is 51.3 Å². The molecular formula is C24H31N3O2S. The van der Waals surface area contributed by atoms with E-state index in [1.54, 1.807) is 17.8 Å². The second-order valence-corrected chi connectivity index (χ2v) is 8.73. The van der Waals surface area contributed by atoms with Crippen molar-refractivity contribution in [2.24, 2.45) is 0 Å². The molecule has 2 aromatic rings. The molecule has 1 aliphatic rings. The van der Waals surface area contributed by atoms with Gasteiger partial charge in [-0.05, 0) is 42.7 Å². The number of hydrogen-bond acceptors (Lipinski definition) is 4. The molecule has 0 saturated heterocycles. The van der Waals surface area contributed by atoms with Crippen molar-refractivity contribution in [3.05, 3.63) is 59.2 Å². The van der Waals surface area contributed by atoms with Crippen LogP contribution in [-0.2, 0) is 10.5 Å². The van der Waals surface area contributed by atoms with Crippen LogP contribution in [0.2, 0.25) is 0 Å². The third-order valence-electron chi connectivity index (χ3n) is 5.31. The van der Waals surface area contributed by atoms with Gasteiger partial charge in [0.1, 0.15) is 6.04 Å². The van der Waals surface area contributed by atoms with Gasteiger partial charge in [0.15, 0.2) is 0 Å². The zero-order chi connectivity index (χ0) is 21.3. The molecular weight excluding hydrogens is 394 g/mol. The summed E-state index contributed by atoms with van der Waals surface area (Å²) in [6.07, 6.45) is 4.49. The van der Waals surface area contributed by atoms with Crippen LogP contribution < -0.4 is 16.0 Å². The van der Waals surface area contributed by atoms with Crippen LogP contribution in [-0.4, -0.2) is 30.2 Å². The average molecular weight is 426 g/mol. The molecule has 3 rings (SSSR count). The van der Waals surface area contributed by atoms with Gasteiger partial charge in [0.2, 0.25) is 5.91 Å². The first-order chi connectivity index (χ1) is 14.6. The first-order valence-electron chi connectivity index (χ1n) is 10.7. The molecule has 1 aliphatic heterocycles. The zero-order valence-corrected chi connectivity index (χ0v) is 18.6. The number of anilines is 2. The zero-order valence-electron chi connectivity index (χ0n) is 17.8. The number of unbranched alkanes of at least 4 members (excludes halogenated alkanes) is 3. The Balaban J connectivity index is 1.52. The number of thioether (sulfide) groups is 1. The van der Waals surface area contributed by atoms with Gasteiger partial charge in [-0.25, -0.2) is 0 Å². The molecule has 30 heavy (non-hydrogen) atoms. The molecule has 160 valence electrons. The highest BCUT2D eigenvalue weighted by molar-refractivity contribution is 7.98. The second kappa shape index (κ2) is 11.1. The summed E-state index contributed by atoms with van der Waals surface area (Å²) in [6.45, 7) is 4.96. The third kappa shape index (κ3) is 6.02. The van der Waals surface area contributed by atoms with Crippen molar-refractivity contribution in [3.63, 3.8) is 0 Å². The van der Waals surface area contributed by atoms with Crippen LogP contribution in [0.4, 0.5) is 11.4 Å². The van der Waals surface area contributed by atoms with Gasteiger partial charge in [0.25, 0.3) is 5.91 Å². The first kappa shape index (κ1) is 22.2. The van der Waals surface area contributed by atoms with E-state index in [1.807, 2.05) is 24.3 Å². The Labute approximate surface area is 183 Å². The van der Waals surface area contributed by atoms with E-state index in [0.717, 1.165) is 24.3 Å². The number of amides is 2. The maximum Gasteiger partial charge on any atom is 0.251 e. The number of hydrogen-bond donors (Lipinski definition) is 3. The standard InChI is InChI=1S/C24H31N3O2S/c1-3-4-5-8-13-25-23(28)18-11-12-20-21(14-18)27-24(29)22(26-20)16-30-15-19-10-7-6-9-17(19)2/h6-7,9-12,14,22,26H,3-5,8,13,15-16H2,1-2H3,(H,25,28)(H,27,29). The van der Waals surface area contributed by atoms with Crippen molar-refractivity contribution in [3.8, 4) is 0 Å². The van der Waals surface area contributed by atoms with Crippen LogP contribution in [0, 0.1) is 6.92 Å². The highest BCUT2D eigenvalue weighted by Gasteiger charge is 2.26. The van der Waals surface area contributed by atoms with E-state index >= 15 is 0 Å². The van der Waals surface area contributed by atoms with E-state index in [1.165, 1.54) is 24.0 Å². The molecule has 1 heterocycles. The molecule has 6 heteroatoms. The highest BCUT2D eigenvalue weighted by atomic mass is 32.2. The Bertz CT molecular complexity index is 885. The van der Waals surface area contributed by atoms with Crippen LogP contribution in [0.15, 0.2) is 42.5 Å². The lowest BCUT2D eigenvalue weighted by atomic mass is 10.1. The van der Waals surface area contributed by atoms with Gasteiger partial charge in [-0.2, -0.15) is 11.8 Å². The number of benzene rings is 2. The van der Waals surface area contributed by atoms with Gasteiger partial charge in [-0.1, -0.05) is 50.5 Å². The van der Waals surface area contributed by atoms with Gasteiger partial charge in [0.05, 0.1) is 11.4 Å². The molecule has 2 amide bonds. The van der Waals surface area contributed by atoms with Crippen LogP contribution in [0.25, 0.3) is 0 Å². The quantitative estimate of drug-likeness (QED) is 0.470. The molecule has 0 bridgehead atoms. The van der Waals surface area contributed by atoms with Gasteiger partial charge < -0.3 is 16.0 Å². The molecule has 0 spiro atoms. The largest absolute Gasteiger partial charge is 0.371 e. The molecule has 0 aliphatic carbocycles. The van der Waals surface area contributed by atoms with Crippen molar-refractivity contribution < 1.29 is 9.59 Å². The monoisotopic (exact) mass is 425 g/mol.